The molecule has 0 aliphatic carbocycles. The Morgan fingerprint density at radius 2 is 2.06 bits per heavy atom. The first kappa shape index (κ1) is 12.7. The number of piperidine rings is 1. The van der Waals surface area contributed by atoms with Gasteiger partial charge in [0.2, 0.25) is 0 Å². The molecule has 2 aliphatic heterocycles. The Morgan fingerprint density at radius 1 is 1.25 bits per heavy atom. The molecule has 2 heterocycles. The van der Waals surface area contributed by atoms with Gasteiger partial charge in [0, 0.05) is 17.8 Å². The highest BCUT2D eigenvalue weighted by atomic mass is 32.1. The first-order valence-electron chi connectivity index (χ1n) is 6.75. The minimum atomic E-state index is 0.368. The molecule has 16 heavy (non-hydrogen) atoms. The molecular weight excluding hydrogens is 216 g/mol. The number of hydrogen-bond acceptors (Lipinski definition) is 3. The predicted molar refractivity (Wildman–Crippen MR) is 73.2 cm³/mol. The number of rotatable bonds is 1. The quantitative estimate of drug-likeness (QED) is 0.613. The van der Waals surface area contributed by atoms with Crippen molar-refractivity contribution < 1.29 is 0 Å². The van der Waals surface area contributed by atoms with Crippen LogP contribution in [0.5, 0.6) is 0 Å². The Kier molecular flexibility index (Phi) is 4.20. The minimum Gasteiger partial charge on any atom is -0.316 e. The first-order valence-corrected chi connectivity index (χ1v) is 7.27. The summed E-state index contributed by atoms with van der Waals surface area (Å²) in [4.78, 5) is 0. The highest BCUT2D eigenvalue weighted by molar-refractivity contribution is 7.81. The zero-order valence-corrected chi connectivity index (χ0v) is 11.5. The molecule has 2 saturated heterocycles. The summed E-state index contributed by atoms with van der Waals surface area (Å²) >= 11 is 4.88. The van der Waals surface area contributed by atoms with Crippen LogP contribution in [0.15, 0.2) is 0 Å². The Bertz CT molecular complexity index is 226. The lowest BCUT2D eigenvalue weighted by Crippen LogP contribution is -2.50. The lowest BCUT2D eigenvalue weighted by molar-refractivity contribution is 0.135. The first-order chi connectivity index (χ1) is 7.63. The number of nitrogens with one attached hydrogen (secondary N) is 2. The monoisotopic (exact) mass is 242 g/mol. The second-order valence-corrected chi connectivity index (χ2v) is 6.55. The fourth-order valence-electron chi connectivity index (χ4n) is 3.20. The Hall–Kier alpha value is 0.270. The van der Waals surface area contributed by atoms with Gasteiger partial charge in [-0.2, -0.15) is 12.6 Å². The molecule has 0 spiro atoms. The molecule has 2 rings (SSSR count). The highest BCUT2D eigenvalue weighted by Crippen LogP contribution is 2.41. The molecule has 2 unspecified atom stereocenters. The maximum atomic E-state index is 4.88. The van der Waals surface area contributed by atoms with Crippen LogP contribution in [-0.2, 0) is 0 Å². The van der Waals surface area contributed by atoms with Gasteiger partial charge in [0.25, 0.3) is 0 Å². The van der Waals surface area contributed by atoms with Crippen LogP contribution in [0.25, 0.3) is 0 Å². The van der Waals surface area contributed by atoms with Gasteiger partial charge in [-0.1, -0.05) is 6.92 Å². The van der Waals surface area contributed by atoms with Crippen LogP contribution in [-0.4, -0.2) is 30.9 Å². The third-order valence-electron chi connectivity index (χ3n) is 4.69. The Balaban J connectivity index is 2.03. The van der Waals surface area contributed by atoms with E-state index in [-0.39, 0.29) is 0 Å². The minimum absolute atomic E-state index is 0.368. The molecule has 0 saturated carbocycles. The number of hydrogen-bond donors (Lipinski definition) is 3. The van der Waals surface area contributed by atoms with E-state index in [9.17, 15) is 0 Å². The Morgan fingerprint density at radius 3 is 2.75 bits per heavy atom. The largest absolute Gasteiger partial charge is 0.316 e. The average molecular weight is 242 g/mol. The standard InChI is InChI=1S/C13H26N2S/c1-10-5-6-11(8-15-10)13(2)9-14-7-3-4-12(13)16/h10-12,14-16H,3-9H2,1-2H3/t10?,11?,12-,13-/m1/s1. The molecule has 0 radical (unpaired) electrons. The van der Waals surface area contributed by atoms with E-state index in [2.05, 4.69) is 24.5 Å². The van der Waals surface area contributed by atoms with Crippen LogP contribution >= 0.6 is 12.6 Å². The van der Waals surface area contributed by atoms with Crippen molar-refractivity contribution in [2.75, 3.05) is 19.6 Å². The van der Waals surface area contributed by atoms with E-state index in [1.165, 1.54) is 38.8 Å². The van der Waals surface area contributed by atoms with E-state index in [0.717, 1.165) is 12.5 Å². The Labute approximate surface area is 105 Å². The fraction of sp³-hybridized carbons (Fsp3) is 1.00. The molecule has 0 aromatic heterocycles. The van der Waals surface area contributed by atoms with E-state index in [1.807, 2.05) is 0 Å². The third kappa shape index (κ3) is 2.57. The van der Waals surface area contributed by atoms with Gasteiger partial charge in [-0.3, -0.25) is 0 Å². The second kappa shape index (κ2) is 5.28. The van der Waals surface area contributed by atoms with E-state index in [0.29, 0.717) is 16.7 Å². The summed E-state index contributed by atoms with van der Waals surface area (Å²) in [5.74, 6) is 0.789. The van der Waals surface area contributed by atoms with Crippen molar-refractivity contribution in [3.8, 4) is 0 Å². The van der Waals surface area contributed by atoms with Crippen molar-refractivity contribution in [1.82, 2.24) is 10.6 Å². The van der Waals surface area contributed by atoms with Gasteiger partial charge in [0.15, 0.2) is 0 Å². The summed E-state index contributed by atoms with van der Waals surface area (Å²) in [7, 11) is 0. The molecule has 2 nitrogen and oxygen atoms in total. The molecule has 2 fully saturated rings. The van der Waals surface area contributed by atoms with Gasteiger partial charge in [0.1, 0.15) is 0 Å². The summed E-state index contributed by atoms with van der Waals surface area (Å²) in [6.07, 6.45) is 5.23. The molecule has 2 aliphatic rings. The van der Waals surface area contributed by atoms with Crippen LogP contribution < -0.4 is 10.6 Å². The topological polar surface area (TPSA) is 24.1 Å². The van der Waals surface area contributed by atoms with E-state index in [4.69, 9.17) is 12.6 Å². The van der Waals surface area contributed by atoms with E-state index >= 15 is 0 Å². The molecular formula is C13H26N2S. The predicted octanol–water partition coefficient (Wildman–Crippen LogP) is 2.06. The van der Waals surface area contributed by atoms with Gasteiger partial charge in [-0.25, -0.2) is 0 Å². The van der Waals surface area contributed by atoms with Crippen molar-refractivity contribution in [2.24, 2.45) is 11.3 Å². The molecule has 3 heteroatoms. The molecule has 2 N–H and O–H groups in total. The van der Waals surface area contributed by atoms with Gasteiger partial charge in [0.05, 0.1) is 0 Å². The average Bonchev–Trinajstić information content (AvgIpc) is 2.44. The van der Waals surface area contributed by atoms with Gasteiger partial charge < -0.3 is 10.6 Å². The van der Waals surface area contributed by atoms with Crippen molar-refractivity contribution in [2.45, 2.75) is 50.8 Å². The molecule has 4 atom stereocenters. The summed E-state index contributed by atoms with van der Waals surface area (Å²) in [5.41, 5.74) is 0.368. The van der Waals surface area contributed by atoms with Gasteiger partial charge in [-0.15, -0.1) is 0 Å². The normalized spacial score (nSPS) is 46.3. The van der Waals surface area contributed by atoms with Gasteiger partial charge >= 0.3 is 0 Å². The summed E-state index contributed by atoms with van der Waals surface area (Å²) in [6.45, 7) is 8.22. The molecule has 0 amide bonds. The van der Waals surface area contributed by atoms with Gasteiger partial charge in [-0.05, 0) is 57.0 Å². The van der Waals surface area contributed by atoms with Crippen molar-refractivity contribution in [1.29, 1.82) is 0 Å². The summed E-state index contributed by atoms with van der Waals surface area (Å²) < 4.78 is 0. The molecule has 0 bridgehead atoms. The summed E-state index contributed by atoms with van der Waals surface area (Å²) in [5, 5.41) is 7.79. The highest BCUT2D eigenvalue weighted by Gasteiger charge is 2.41. The number of thiol groups is 1. The van der Waals surface area contributed by atoms with Crippen molar-refractivity contribution >= 4 is 12.6 Å². The van der Waals surface area contributed by atoms with Crippen LogP contribution in [0.3, 0.4) is 0 Å². The zero-order chi connectivity index (χ0) is 11.6. The van der Waals surface area contributed by atoms with E-state index < -0.39 is 0 Å². The molecule has 0 aromatic rings. The van der Waals surface area contributed by atoms with Crippen molar-refractivity contribution in [3.05, 3.63) is 0 Å². The zero-order valence-electron chi connectivity index (χ0n) is 10.6. The third-order valence-corrected chi connectivity index (χ3v) is 5.54. The maximum absolute atomic E-state index is 4.88. The molecule has 0 aromatic carbocycles. The smallest absolute Gasteiger partial charge is 0.00863 e. The van der Waals surface area contributed by atoms with Crippen LogP contribution in [0.1, 0.15) is 39.5 Å². The SMILES string of the molecule is CC1CCC([C@@]2(C)CNCCC[C@H]2S)CN1. The van der Waals surface area contributed by atoms with E-state index in [1.54, 1.807) is 0 Å². The second-order valence-electron chi connectivity index (χ2n) is 5.92. The molecule has 94 valence electrons. The van der Waals surface area contributed by atoms with Crippen molar-refractivity contribution in [3.63, 3.8) is 0 Å². The van der Waals surface area contributed by atoms with Crippen LogP contribution in [0.2, 0.25) is 0 Å². The summed E-state index contributed by atoms with van der Waals surface area (Å²) in [6, 6.07) is 0.706. The lowest BCUT2D eigenvalue weighted by atomic mass is 9.70. The fourth-order valence-corrected chi connectivity index (χ4v) is 3.69. The van der Waals surface area contributed by atoms with Crippen LogP contribution in [0, 0.1) is 11.3 Å². The lowest BCUT2D eigenvalue weighted by Gasteiger charge is -2.44. The maximum Gasteiger partial charge on any atom is 0.00863 e. The van der Waals surface area contributed by atoms with Crippen LogP contribution in [0.4, 0.5) is 0 Å².